The van der Waals surface area contributed by atoms with Crippen molar-refractivity contribution in [1.29, 1.82) is 0 Å². The minimum atomic E-state index is -4.23. The van der Waals surface area contributed by atoms with Crippen LogP contribution in [-0.2, 0) is 67.3 Å². The van der Waals surface area contributed by atoms with Gasteiger partial charge in [-0.05, 0) is 313 Å². The summed E-state index contributed by atoms with van der Waals surface area (Å²) in [4.78, 5) is 0. The number of aromatic nitrogens is 5. The van der Waals surface area contributed by atoms with E-state index < -0.39 is 23.2 Å². The van der Waals surface area contributed by atoms with E-state index in [0.717, 1.165) is 62.8 Å². The van der Waals surface area contributed by atoms with Crippen molar-refractivity contribution in [2.45, 2.75) is 228 Å². The lowest BCUT2D eigenvalue weighted by molar-refractivity contribution is -0.659. The highest BCUT2D eigenvalue weighted by Crippen LogP contribution is 2.44. The summed E-state index contributed by atoms with van der Waals surface area (Å²) in [7, 11) is 10.5. The van der Waals surface area contributed by atoms with Crippen molar-refractivity contribution in [3.63, 3.8) is 0 Å². The molecule has 10 aromatic carbocycles. The minimum Gasteiger partial charge on any atom is -0.200 e. The Balaban J connectivity index is 0.000000145. The Labute approximate surface area is 759 Å². The third-order valence-corrected chi connectivity index (χ3v) is 27.2. The van der Waals surface area contributed by atoms with Crippen molar-refractivity contribution in [3.8, 4) is 56.3 Å². The minimum absolute atomic E-state index is 0.0363. The summed E-state index contributed by atoms with van der Waals surface area (Å²) in [6.07, 6.45) is 13.6. The molecule has 0 radical (unpaired) electrons. The van der Waals surface area contributed by atoms with Crippen LogP contribution in [0.4, 0.5) is 26.3 Å². The molecule has 0 bridgehead atoms. The van der Waals surface area contributed by atoms with Crippen LogP contribution in [0.5, 0.6) is 0 Å². The zero-order valence-electron chi connectivity index (χ0n) is 81.1. The zero-order chi connectivity index (χ0) is 93.1. The van der Waals surface area contributed by atoms with Gasteiger partial charge in [-0.1, -0.05) is 199 Å². The lowest BCUT2D eigenvalue weighted by atomic mass is 9.84. The molecule has 1 fully saturated rings. The maximum absolute atomic E-state index is 13.3. The monoisotopic (exact) mass is 1730 g/mol. The van der Waals surface area contributed by atoms with Crippen molar-refractivity contribution in [2.24, 2.45) is 52.0 Å². The molecule has 5 aromatic heterocycles. The Morgan fingerprint density at radius 1 is 0.273 bits per heavy atom. The molecule has 1 saturated carbocycles. The molecule has 0 N–H and O–H groups in total. The zero-order valence-corrected chi connectivity index (χ0v) is 81.1. The van der Waals surface area contributed by atoms with Crippen molar-refractivity contribution in [1.82, 2.24) is 0 Å². The van der Waals surface area contributed by atoms with Gasteiger partial charge in [-0.3, -0.25) is 0 Å². The molecule has 0 unspecified atom stereocenters. The van der Waals surface area contributed by atoms with Crippen LogP contribution in [0.25, 0.3) is 110 Å². The first-order valence-electron chi connectivity index (χ1n) is 46.0. The van der Waals surface area contributed by atoms with Crippen LogP contribution in [0.1, 0.15) is 191 Å². The van der Waals surface area contributed by atoms with E-state index in [9.17, 15) is 26.3 Å². The number of fused-ring (bicyclic) bond motifs is 5. The van der Waals surface area contributed by atoms with E-state index in [1.807, 2.05) is 75.0 Å². The Morgan fingerprint density at radius 3 is 0.711 bits per heavy atom. The number of nitrogens with zero attached hydrogens (tertiary/aromatic N) is 5. The number of rotatable bonds is 15. The van der Waals surface area contributed by atoms with Crippen LogP contribution >= 0.6 is 0 Å². The fourth-order valence-corrected chi connectivity index (χ4v) is 19.2. The van der Waals surface area contributed by atoms with Gasteiger partial charge in [-0.15, -0.1) is 0 Å². The van der Waals surface area contributed by atoms with Gasteiger partial charge in [0.2, 0.25) is 28.5 Å². The molecule has 5 nitrogen and oxygen atoms in total. The van der Waals surface area contributed by atoms with Gasteiger partial charge in [0.15, 0.2) is 31.0 Å². The molecule has 11 heteroatoms. The van der Waals surface area contributed by atoms with Gasteiger partial charge in [0, 0.05) is 30.3 Å². The molecule has 16 rings (SSSR count). The van der Waals surface area contributed by atoms with Crippen LogP contribution < -0.4 is 22.8 Å². The first-order valence-corrected chi connectivity index (χ1v) is 46.0. The predicted octanol–water partition coefficient (Wildman–Crippen LogP) is 29.2. The first kappa shape index (κ1) is 95.9. The van der Waals surface area contributed by atoms with Gasteiger partial charge in [-0.2, -0.15) is 26.3 Å². The summed E-state index contributed by atoms with van der Waals surface area (Å²) in [5, 5.41) is 12.1. The van der Waals surface area contributed by atoms with Crippen LogP contribution in [0.2, 0.25) is 0 Å². The second-order valence-electron chi connectivity index (χ2n) is 38.7. The molecular formula is C117H136F6N5+5. The van der Waals surface area contributed by atoms with Gasteiger partial charge in [0.05, 0.1) is 65.6 Å². The number of alkyl halides is 6. The van der Waals surface area contributed by atoms with E-state index in [1.165, 1.54) is 239 Å². The van der Waals surface area contributed by atoms with Gasteiger partial charge in [0.1, 0.15) is 35.2 Å². The van der Waals surface area contributed by atoms with E-state index in [2.05, 4.69) is 314 Å². The third kappa shape index (κ3) is 21.4. The summed E-state index contributed by atoms with van der Waals surface area (Å²) in [5.41, 5.74) is 34.2. The molecule has 0 amide bonds. The van der Waals surface area contributed by atoms with E-state index in [-0.39, 0.29) is 12.8 Å². The number of benzene rings is 10. The normalized spacial score (nSPS) is 12.6. The number of aryl methyl sites for hydroxylation is 17. The van der Waals surface area contributed by atoms with Crippen molar-refractivity contribution >= 4 is 53.9 Å². The molecule has 0 atom stereocenters. The second kappa shape index (κ2) is 39.4. The maximum Gasteiger partial charge on any atom is 0.394 e. The maximum atomic E-state index is 13.3. The molecule has 1 aliphatic carbocycles. The smallest absolute Gasteiger partial charge is 0.200 e. The fraction of sp³-hybridized carbons (Fsp3) is 0.359. The van der Waals surface area contributed by atoms with E-state index in [4.69, 9.17) is 0 Å². The van der Waals surface area contributed by atoms with Crippen LogP contribution in [0, 0.1) is 121 Å². The highest BCUT2D eigenvalue weighted by atomic mass is 19.4. The van der Waals surface area contributed by atoms with Crippen molar-refractivity contribution in [3.05, 3.63) is 324 Å². The van der Waals surface area contributed by atoms with E-state index in [1.54, 1.807) is 0 Å². The predicted molar refractivity (Wildman–Crippen MR) is 525 cm³/mol. The number of hydrogen-bond acceptors (Lipinski definition) is 0. The molecule has 0 aliphatic heterocycles. The Bertz CT molecular complexity index is 6350. The summed E-state index contributed by atoms with van der Waals surface area (Å²) in [6.45, 7) is 42.0. The van der Waals surface area contributed by atoms with Crippen LogP contribution in [0.3, 0.4) is 0 Å². The Hall–Kier alpha value is -11.2. The van der Waals surface area contributed by atoms with Gasteiger partial charge in [0.25, 0.3) is 0 Å². The molecule has 666 valence electrons. The molecule has 15 aromatic rings. The molecular weight excluding hydrogens is 1590 g/mol. The number of halogens is 6. The lowest BCUT2D eigenvalue weighted by Crippen LogP contribution is -2.34. The van der Waals surface area contributed by atoms with Crippen LogP contribution in [-0.4, -0.2) is 12.4 Å². The van der Waals surface area contributed by atoms with E-state index >= 15 is 0 Å². The molecule has 1 aliphatic rings. The highest BCUT2D eigenvalue weighted by Gasteiger charge is 2.48. The molecule has 5 heterocycles. The van der Waals surface area contributed by atoms with E-state index in [0.29, 0.717) is 11.1 Å². The van der Waals surface area contributed by atoms with Crippen molar-refractivity contribution < 1.29 is 49.2 Å². The summed E-state index contributed by atoms with van der Waals surface area (Å²) in [6, 6.07) is 65.5. The average molecular weight is 1730 g/mol. The summed E-state index contributed by atoms with van der Waals surface area (Å²) >= 11 is 0. The quantitative estimate of drug-likeness (QED) is 0.0720. The topological polar surface area (TPSA) is 19.4 Å². The van der Waals surface area contributed by atoms with Gasteiger partial charge >= 0.3 is 12.4 Å². The third-order valence-electron chi connectivity index (χ3n) is 27.2. The number of hydrogen-bond donors (Lipinski definition) is 0. The summed E-state index contributed by atoms with van der Waals surface area (Å²) < 4.78 is 90.7. The van der Waals surface area contributed by atoms with Crippen molar-refractivity contribution in [2.75, 3.05) is 0 Å². The van der Waals surface area contributed by atoms with Crippen LogP contribution in [0.15, 0.2) is 213 Å². The Morgan fingerprint density at radius 2 is 0.484 bits per heavy atom. The van der Waals surface area contributed by atoms with Gasteiger partial charge in [-0.25, -0.2) is 22.8 Å². The largest absolute Gasteiger partial charge is 0.394 e. The standard InChI is InChI=1S/C25H30N.2C24H27F3N.2C22H26N/c1-17-13-18(2)19(3)24(14-17)25-23-10-9-21(15-20-7-5-6-8-20)16-22(23)11-12-26(25)4;2*1-15-11-16(2)17(3)21(12-15)22-20-8-7-18(13-19(20)9-10-28(22)6)14-23(4,5)24(25,26)27;2*1-6-7-18-8-9-20-19(14-18)10-11-23(5)22(20)21-13-15(2)12-16(3)17(21)4/h9-14,16,20H,5-8,15H2,1-4H3;2*7-13H,14H2,1-6H3;2*8-14H,6-7H2,1-5H3/q5*+1. The molecule has 0 saturated heterocycles. The Kier molecular flexibility index (Phi) is 29.5. The number of pyridine rings is 5. The first-order chi connectivity index (χ1) is 60.3. The SMILES string of the molecule is CCCc1ccc2c(-c3cc(C)cc(C)c3C)[n+](C)ccc2c1.CCCc1ccc2c(-c3cc(C)cc(C)c3C)[n+](C)ccc2c1.Cc1cc(C)c(C)c(-c2c3ccc(CC(C)(C)C(F)(F)F)cc3cc[n+]2C)c1.Cc1cc(C)c(C)c(-c2c3ccc(CC(C)(C)C(F)(F)F)cc3cc[n+]2C)c1.Cc1cc(C)c(C)c(-c2c3ccc(CC4CCCC4)cc3cc[n+]2C)c1. The fourth-order valence-electron chi connectivity index (χ4n) is 19.2. The second-order valence-corrected chi connectivity index (χ2v) is 38.7. The average Bonchev–Trinajstić information content (AvgIpc) is 0.859. The summed E-state index contributed by atoms with van der Waals surface area (Å²) in [5.74, 6) is 0.897. The highest BCUT2D eigenvalue weighted by molar-refractivity contribution is 5.98. The molecule has 128 heavy (non-hydrogen) atoms. The lowest BCUT2D eigenvalue weighted by Gasteiger charge is -2.27. The van der Waals surface area contributed by atoms with Gasteiger partial charge < -0.3 is 0 Å². The molecule has 0 spiro atoms.